The molecule has 34 heavy (non-hydrogen) atoms. The molecule has 1 fully saturated rings. The molecule has 1 saturated carbocycles. The molecule has 1 aromatic carbocycles. The monoisotopic (exact) mass is 455 g/mol. The average Bonchev–Trinajstić information content (AvgIpc) is 3.56. The fourth-order valence-electron chi connectivity index (χ4n) is 4.71. The summed E-state index contributed by atoms with van der Waals surface area (Å²) in [5, 5.41) is 9.00. The van der Waals surface area contributed by atoms with Crippen molar-refractivity contribution >= 4 is 17.4 Å². The summed E-state index contributed by atoms with van der Waals surface area (Å²) in [6.45, 7) is 2.01. The van der Waals surface area contributed by atoms with E-state index in [1.165, 1.54) is 17.8 Å². The first-order chi connectivity index (χ1) is 16.5. The van der Waals surface area contributed by atoms with Crippen LogP contribution in [0.25, 0.3) is 22.9 Å². The third-order valence-corrected chi connectivity index (χ3v) is 6.70. The van der Waals surface area contributed by atoms with Crippen LogP contribution in [0.5, 0.6) is 0 Å². The molecule has 2 aliphatic carbocycles. The van der Waals surface area contributed by atoms with E-state index >= 15 is 0 Å². The predicted octanol–water partition coefficient (Wildman–Crippen LogP) is 5.56. The summed E-state index contributed by atoms with van der Waals surface area (Å²) >= 11 is 0. The summed E-state index contributed by atoms with van der Waals surface area (Å²) < 4.78 is 13.1. The van der Waals surface area contributed by atoms with Gasteiger partial charge in [-0.1, -0.05) is 23.8 Å². The van der Waals surface area contributed by atoms with E-state index in [2.05, 4.69) is 21.0 Å². The Balaban J connectivity index is 1.41. The number of pyridine rings is 1. The Hall–Kier alpha value is -3.51. The number of rotatable bonds is 7. The number of allylic oxidation sites excluding steroid dienone is 2. The molecule has 2 heterocycles. The number of benzene rings is 1. The molecule has 172 valence electrons. The second-order valence-corrected chi connectivity index (χ2v) is 9.24. The zero-order valence-electron chi connectivity index (χ0n) is 19.1. The Labute approximate surface area is 198 Å². The molecular formula is C28H26FN3O2. The van der Waals surface area contributed by atoms with E-state index < -0.39 is 0 Å². The van der Waals surface area contributed by atoms with Gasteiger partial charge >= 0.3 is 0 Å². The summed E-state index contributed by atoms with van der Waals surface area (Å²) in [6.07, 6.45) is 12.7. The van der Waals surface area contributed by atoms with Crippen LogP contribution in [0.4, 0.5) is 4.39 Å². The molecule has 0 amide bonds. The molecule has 0 bridgehead atoms. The summed E-state index contributed by atoms with van der Waals surface area (Å²) in [5.41, 5.74) is 6.80. The number of hydrogen-bond donors (Lipinski definition) is 1. The summed E-state index contributed by atoms with van der Waals surface area (Å²) in [5.74, 6) is 0.302. The zero-order valence-corrected chi connectivity index (χ0v) is 19.1. The number of halogens is 1. The quantitative estimate of drug-likeness (QED) is 0.373. The average molecular weight is 456 g/mol. The van der Waals surface area contributed by atoms with Gasteiger partial charge in [-0.2, -0.15) is 0 Å². The van der Waals surface area contributed by atoms with Gasteiger partial charge in [-0.3, -0.25) is 9.78 Å². The number of hydrogen-bond acceptors (Lipinski definition) is 5. The van der Waals surface area contributed by atoms with Crippen molar-refractivity contribution < 1.29 is 14.3 Å². The van der Waals surface area contributed by atoms with Crippen LogP contribution < -0.4 is 0 Å². The fraction of sp³-hybridized carbons (Fsp3) is 0.286. The Morgan fingerprint density at radius 1 is 1.12 bits per heavy atom. The SMILES string of the molecule is CC(=CCCO)CC(=O)c1ccc2c(c1)C(=Cc1ncc(-c3ccc(F)cn3)cn1)CC21CC1. The van der Waals surface area contributed by atoms with Gasteiger partial charge in [-0.05, 0) is 73.6 Å². The minimum absolute atomic E-state index is 0.0815. The second-order valence-electron chi connectivity index (χ2n) is 9.24. The highest BCUT2D eigenvalue weighted by Gasteiger charge is 2.50. The summed E-state index contributed by atoms with van der Waals surface area (Å²) in [7, 11) is 0. The van der Waals surface area contributed by atoms with Crippen LogP contribution in [0.2, 0.25) is 0 Å². The number of aromatic nitrogens is 3. The highest BCUT2D eigenvalue weighted by atomic mass is 19.1. The highest BCUT2D eigenvalue weighted by molar-refractivity contribution is 5.99. The lowest BCUT2D eigenvalue weighted by molar-refractivity contribution is 0.0992. The first-order valence-electron chi connectivity index (χ1n) is 11.6. The molecule has 2 aliphatic rings. The highest BCUT2D eigenvalue weighted by Crippen LogP contribution is 2.60. The Morgan fingerprint density at radius 3 is 2.59 bits per heavy atom. The van der Waals surface area contributed by atoms with E-state index in [1.807, 2.05) is 31.2 Å². The number of carbonyl (C=O) groups is 1. The zero-order chi connectivity index (χ0) is 23.7. The third kappa shape index (κ3) is 4.46. The van der Waals surface area contributed by atoms with Crippen LogP contribution in [0.3, 0.4) is 0 Å². The molecule has 1 spiro atoms. The van der Waals surface area contributed by atoms with Crippen LogP contribution in [0, 0.1) is 5.82 Å². The first-order valence-corrected chi connectivity index (χ1v) is 11.6. The van der Waals surface area contributed by atoms with Gasteiger partial charge in [0.1, 0.15) is 5.82 Å². The van der Waals surface area contributed by atoms with Gasteiger partial charge in [0.15, 0.2) is 11.6 Å². The molecule has 2 aromatic heterocycles. The van der Waals surface area contributed by atoms with Crippen molar-refractivity contribution in [3.05, 3.63) is 88.9 Å². The molecule has 1 N–H and O–H groups in total. The van der Waals surface area contributed by atoms with Crippen LogP contribution in [-0.4, -0.2) is 32.4 Å². The van der Waals surface area contributed by atoms with Crippen LogP contribution in [0.15, 0.2) is 60.6 Å². The van der Waals surface area contributed by atoms with Crippen LogP contribution in [-0.2, 0) is 5.41 Å². The van der Waals surface area contributed by atoms with Gasteiger partial charge < -0.3 is 5.11 Å². The lowest BCUT2D eigenvalue weighted by Crippen LogP contribution is -2.03. The topological polar surface area (TPSA) is 76.0 Å². The number of aliphatic hydroxyl groups is 1. The van der Waals surface area contributed by atoms with E-state index in [1.54, 1.807) is 18.5 Å². The van der Waals surface area contributed by atoms with Crippen molar-refractivity contribution in [2.24, 2.45) is 0 Å². The maximum absolute atomic E-state index is 13.1. The molecule has 0 radical (unpaired) electrons. The van der Waals surface area contributed by atoms with Crippen molar-refractivity contribution in [1.82, 2.24) is 15.0 Å². The maximum atomic E-state index is 13.1. The molecule has 6 heteroatoms. The van der Waals surface area contributed by atoms with Gasteiger partial charge in [0.05, 0.1) is 11.9 Å². The van der Waals surface area contributed by atoms with E-state index in [0.717, 1.165) is 41.5 Å². The number of ketones is 1. The number of Topliss-reactive ketones (excluding diaryl/α,β-unsaturated/α-hetero) is 1. The minimum Gasteiger partial charge on any atom is -0.396 e. The number of carbonyl (C=O) groups excluding carboxylic acids is 1. The van der Waals surface area contributed by atoms with E-state index in [-0.39, 0.29) is 23.6 Å². The maximum Gasteiger partial charge on any atom is 0.166 e. The molecule has 0 atom stereocenters. The standard InChI is InChI=1S/C28H26FN3O2/c1-18(3-2-10-33)11-26(34)19-4-6-24-23(12-19)20(14-28(24)8-9-28)13-27-31-15-21(16-32-27)25-7-5-22(29)17-30-25/h3-7,12-13,15-17,33H,2,8-11,14H2,1H3. The molecule has 0 saturated heterocycles. The van der Waals surface area contributed by atoms with Crippen LogP contribution in [0.1, 0.15) is 66.3 Å². The minimum atomic E-state index is -0.380. The van der Waals surface area contributed by atoms with Crippen molar-refractivity contribution in [3.63, 3.8) is 0 Å². The van der Waals surface area contributed by atoms with E-state index in [9.17, 15) is 9.18 Å². The lowest BCUT2D eigenvalue weighted by Gasteiger charge is -2.09. The molecular weight excluding hydrogens is 429 g/mol. The van der Waals surface area contributed by atoms with Crippen molar-refractivity contribution in [1.29, 1.82) is 0 Å². The second kappa shape index (κ2) is 9.03. The number of fused-ring (bicyclic) bond motifs is 2. The van der Waals surface area contributed by atoms with Crippen molar-refractivity contribution in [2.45, 2.75) is 44.4 Å². The lowest BCUT2D eigenvalue weighted by atomic mass is 9.95. The van der Waals surface area contributed by atoms with Gasteiger partial charge in [-0.25, -0.2) is 14.4 Å². The third-order valence-electron chi connectivity index (χ3n) is 6.70. The van der Waals surface area contributed by atoms with Crippen LogP contribution >= 0.6 is 0 Å². The summed E-state index contributed by atoms with van der Waals surface area (Å²) in [4.78, 5) is 25.9. The van der Waals surface area contributed by atoms with Gasteiger partial charge in [0.2, 0.25) is 0 Å². The van der Waals surface area contributed by atoms with Gasteiger partial charge in [0.25, 0.3) is 0 Å². The normalized spacial score (nSPS) is 17.3. The fourth-order valence-corrected chi connectivity index (χ4v) is 4.71. The van der Waals surface area contributed by atoms with Gasteiger partial charge in [-0.15, -0.1) is 0 Å². The van der Waals surface area contributed by atoms with E-state index in [4.69, 9.17) is 5.11 Å². The Kier molecular flexibility index (Phi) is 5.92. The molecule has 0 aliphatic heterocycles. The van der Waals surface area contributed by atoms with Crippen molar-refractivity contribution in [2.75, 3.05) is 6.61 Å². The number of aliphatic hydroxyl groups excluding tert-OH is 1. The van der Waals surface area contributed by atoms with Crippen molar-refractivity contribution in [3.8, 4) is 11.3 Å². The summed E-state index contributed by atoms with van der Waals surface area (Å²) in [6, 6.07) is 9.06. The Bertz CT molecular complexity index is 1290. The van der Waals surface area contributed by atoms with Gasteiger partial charge in [0, 0.05) is 42.0 Å². The molecule has 3 aromatic rings. The Morgan fingerprint density at radius 2 is 1.91 bits per heavy atom. The first kappa shape index (κ1) is 22.3. The predicted molar refractivity (Wildman–Crippen MR) is 129 cm³/mol. The molecule has 5 nitrogen and oxygen atoms in total. The van der Waals surface area contributed by atoms with E-state index in [0.29, 0.717) is 29.9 Å². The largest absolute Gasteiger partial charge is 0.396 e. The molecule has 0 unspecified atom stereocenters. The number of nitrogens with zero attached hydrogens (tertiary/aromatic N) is 3. The molecule has 5 rings (SSSR count). The smallest absolute Gasteiger partial charge is 0.166 e.